The summed E-state index contributed by atoms with van der Waals surface area (Å²) in [4.78, 5) is 12.4. The van der Waals surface area contributed by atoms with E-state index in [1.807, 2.05) is 12.1 Å². The number of nitro benzene ring substituents is 1. The molecule has 2 rings (SSSR count). The number of nitro groups is 1. The molecule has 1 aromatic rings. The molecule has 1 radical (unpaired) electrons. The molecule has 4 nitrogen and oxygen atoms in total. The van der Waals surface area contributed by atoms with Crippen LogP contribution in [0, 0.1) is 23.0 Å². The molecule has 0 atom stereocenters. The minimum absolute atomic E-state index is 0.149. The van der Waals surface area contributed by atoms with Gasteiger partial charge < -0.3 is 4.90 Å². The molecule has 1 fully saturated rings. The van der Waals surface area contributed by atoms with Crippen LogP contribution in [0.15, 0.2) is 24.3 Å². The Kier molecular flexibility index (Phi) is 3.08. The molecule has 1 aliphatic rings. The van der Waals surface area contributed by atoms with Crippen molar-refractivity contribution in [1.29, 1.82) is 0 Å². The van der Waals surface area contributed by atoms with Gasteiger partial charge in [-0.15, -0.1) is 0 Å². The molecule has 0 N–H and O–H groups in total. The number of nitrogens with zero attached hydrogens (tertiary/aromatic N) is 2. The Labute approximate surface area is 95.0 Å². The van der Waals surface area contributed by atoms with Gasteiger partial charge in [-0.2, -0.15) is 0 Å². The summed E-state index contributed by atoms with van der Waals surface area (Å²) in [5, 5.41) is 10.5. The number of benzene rings is 1. The zero-order chi connectivity index (χ0) is 11.5. The average Bonchev–Trinajstić information content (AvgIpc) is 2.30. The fourth-order valence-corrected chi connectivity index (χ4v) is 1.98. The van der Waals surface area contributed by atoms with Crippen molar-refractivity contribution in [3.63, 3.8) is 0 Å². The lowest BCUT2D eigenvalue weighted by Gasteiger charge is -2.31. The van der Waals surface area contributed by atoms with Gasteiger partial charge in [-0.3, -0.25) is 10.1 Å². The van der Waals surface area contributed by atoms with Crippen molar-refractivity contribution in [2.24, 2.45) is 5.92 Å². The van der Waals surface area contributed by atoms with Crippen LogP contribution in [0.5, 0.6) is 0 Å². The highest BCUT2D eigenvalue weighted by Crippen LogP contribution is 2.24. The van der Waals surface area contributed by atoms with Gasteiger partial charge in [0.1, 0.15) is 0 Å². The van der Waals surface area contributed by atoms with Gasteiger partial charge in [-0.1, -0.05) is 6.92 Å². The summed E-state index contributed by atoms with van der Waals surface area (Å²) in [7, 11) is 0. The number of anilines is 1. The van der Waals surface area contributed by atoms with Gasteiger partial charge in [-0.05, 0) is 30.9 Å². The van der Waals surface area contributed by atoms with Crippen molar-refractivity contribution in [1.82, 2.24) is 0 Å². The van der Waals surface area contributed by atoms with Crippen molar-refractivity contribution < 1.29 is 4.92 Å². The molecule has 0 spiro atoms. The number of piperidine rings is 1. The highest BCUT2D eigenvalue weighted by molar-refractivity contribution is 5.51. The largest absolute Gasteiger partial charge is 0.372 e. The third kappa shape index (κ3) is 2.32. The number of non-ortho nitro benzene ring substituents is 1. The second-order valence-electron chi connectivity index (χ2n) is 4.20. The van der Waals surface area contributed by atoms with E-state index in [9.17, 15) is 10.1 Å². The minimum atomic E-state index is -0.369. The molecule has 4 heteroatoms. The fraction of sp³-hybridized carbons (Fsp3) is 0.417. The smallest absolute Gasteiger partial charge is 0.269 e. The van der Waals surface area contributed by atoms with E-state index >= 15 is 0 Å². The van der Waals surface area contributed by atoms with Crippen LogP contribution in [0.2, 0.25) is 0 Å². The Morgan fingerprint density at radius 1 is 1.25 bits per heavy atom. The summed E-state index contributed by atoms with van der Waals surface area (Å²) < 4.78 is 0. The molecule has 1 aromatic carbocycles. The molecule has 1 saturated heterocycles. The Morgan fingerprint density at radius 3 is 2.31 bits per heavy atom. The van der Waals surface area contributed by atoms with E-state index < -0.39 is 0 Å². The van der Waals surface area contributed by atoms with Crippen LogP contribution in [0.3, 0.4) is 0 Å². The predicted molar refractivity (Wildman–Crippen MR) is 63.4 cm³/mol. The van der Waals surface area contributed by atoms with E-state index in [4.69, 9.17) is 0 Å². The third-order valence-corrected chi connectivity index (χ3v) is 3.04. The Bertz CT molecular complexity index is 367. The Balaban J connectivity index is 2.07. The first-order chi connectivity index (χ1) is 7.66. The van der Waals surface area contributed by atoms with Crippen molar-refractivity contribution in [2.45, 2.75) is 12.8 Å². The standard InChI is InChI=1S/C12H15N2O2/c1-10-6-8-13(9-7-10)11-2-4-12(5-3-11)14(15)16/h2-5,10H,1,6-9H2. The number of rotatable bonds is 2. The predicted octanol–water partition coefficient (Wildman–Crippen LogP) is 2.65. The second kappa shape index (κ2) is 4.51. The fourth-order valence-electron chi connectivity index (χ4n) is 1.98. The van der Waals surface area contributed by atoms with Gasteiger partial charge in [0, 0.05) is 30.9 Å². The minimum Gasteiger partial charge on any atom is -0.372 e. The van der Waals surface area contributed by atoms with Crippen molar-refractivity contribution in [2.75, 3.05) is 18.0 Å². The van der Waals surface area contributed by atoms with E-state index in [0.717, 1.165) is 31.6 Å². The number of hydrogen-bond acceptors (Lipinski definition) is 3. The van der Waals surface area contributed by atoms with Gasteiger partial charge in [0.05, 0.1) is 4.92 Å². The molecule has 1 aliphatic heterocycles. The normalized spacial score (nSPS) is 17.4. The number of hydrogen-bond donors (Lipinski definition) is 0. The highest BCUT2D eigenvalue weighted by atomic mass is 16.6. The molecule has 0 aromatic heterocycles. The van der Waals surface area contributed by atoms with Crippen LogP contribution < -0.4 is 4.90 Å². The molecule has 0 amide bonds. The van der Waals surface area contributed by atoms with Crippen molar-refractivity contribution in [3.8, 4) is 0 Å². The second-order valence-corrected chi connectivity index (χ2v) is 4.20. The van der Waals surface area contributed by atoms with Crippen LogP contribution >= 0.6 is 0 Å². The van der Waals surface area contributed by atoms with Gasteiger partial charge in [-0.25, -0.2) is 0 Å². The van der Waals surface area contributed by atoms with E-state index in [1.54, 1.807) is 12.1 Å². The summed E-state index contributed by atoms with van der Waals surface area (Å²) in [5.41, 5.74) is 1.22. The van der Waals surface area contributed by atoms with Crippen LogP contribution in [-0.2, 0) is 0 Å². The van der Waals surface area contributed by atoms with Gasteiger partial charge in [0.25, 0.3) is 5.69 Å². The summed E-state index contributed by atoms with van der Waals surface area (Å²) in [6, 6.07) is 6.76. The maximum Gasteiger partial charge on any atom is 0.269 e. The summed E-state index contributed by atoms with van der Waals surface area (Å²) in [6.45, 7) is 6.03. The first-order valence-corrected chi connectivity index (χ1v) is 5.49. The first kappa shape index (κ1) is 10.9. The molecule has 0 bridgehead atoms. The molecular weight excluding hydrogens is 204 g/mol. The van der Waals surface area contributed by atoms with Gasteiger partial charge >= 0.3 is 0 Å². The van der Waals surface area contributed by atoms with E-state index in [0.29, 0.717) is 5.92 Å². The topological polar surface area (TPSA) is 46.4 Å². The van der Waals surface area contributed by atoms with E-state index in [2.05, 4.69) is 11.8 Å². The van der Waals surface area contributed by atoms with Gasteiger partial charge in [0.15, 0.2) is 0 Å². The van der Waals surface area contributed by atoms with Crippen LogP contribution in [0.1, 0.15) is 12.8 Å². The van der Waals surface area contributed by atoms with Gasteiger partial charge in [0.2, 0.25) is 0 Å². The van der Waals surface area contributed by atoms with E-state index in [-0.39, 0.29) is 10.6 Å². The lowest BCUT2D eigenvalue weighted by Crippen LogP contribution is -2.32. The zero-order valence-corrected chi connectivity index (χ0v) is 9.13. The van der Waals surface area contributed by atoms with Crippen LogP contribution in [0.25, 0.3) is 0 Å². The SMILES string of the molecule is [CH2]C1CCN(c2ccc([N+](=O)[O-])cc2)CC1. The molecule has 16 heavy (non-hydrogen) atoms. The van der Waals surface area contributed by atoms with Crippen molar-refractivity contribution >= 4 is 11.4 Å². The maximum absolute atomic E-state index is 10.5. The molecule has 85 valence electrons. The lowest BCUT2D eigenvalue weighted by molar-refractivity contribution is -0.384. The quantitative estimate of drug-likeness (QED) is 0.567. The van der Waals surface area contributed by atoms with Crippen LogP contribution in [-0.4, -0.2) is 18.0 Å². The average molecular weight is 219 g/mol. The summed E-state index contributed by atoms with van der Waals surface area (Å²) >= 11 is 0. The zero-order valence-electron chi connectivity index (χ0n) is 9.13. The third-order valence-electron chi connectivity index (χ3n) is 3.04. The first-order valence-electron chi connectivity index (χ1n) is 5.49. The molecule has 0 saturated carbocycles. The molecule has 0 unspecified atom stereocenters. The molecule has 0 aliphatic carbocycles. The monoisotopic (exact) mass is 219 g/mol. The van der Waals surface area contributed by atoms with Crippen molar-refractivity contribution in [3.05, 3.63) is 41.3 Å². The summed E-state index contributed by atoms with van der Waals surface area (Å²) in [5.74, 6) is 0.550. The summed E-state index contributed by atoms with van der Waals surface area (Å²) in [6.07, 6.45) is 2.19. The maximum atomic E-state index is 10.5. The lowest BCUT2D eigenvalue weighted by atomic mass is 9.99. The molecular formula is C12H15N2O2. The van der Waals surface area contributed by atoms with Crippen LogP contribution in [0.4, 0.5) is 11.4 Å². The van der Waals surface area contributed by atoms with E-state index in [1.165, 1.54) is 0 Å². The highest BCUT2D eigenvalue weighted by Gasteiger charge is 2.16. The molecule has 1 heterocycles. The Hall–Kier alpha value is -1.58. The Morgan fingerprint density at radius 2 is 1.81 bits per heavy atom.